The zero-order valence-corrected chi connectivity index (χ0v) is 8.06. The molecule has 1 aliphatic rings. The summed E-state index contributed by atoms with van der Waals surface area (Å²) < 4.78 is 13.2. The van der Waals surface area contributed by atoms with Crippen LogP contribution in [0.2, 0.25) is 0 Å². The fourth-order valence-corrected chi connectivity index (χ4v) is 1.46. The van der Waals surface area contributed by atoms with Crippen molar-refractivity contribution >= 4 is 12.2 Å². The number of rotatable bonds is 3. The van der Waals surface area contributed by atoms with Crippen molar-refractivity contribution in [2.45, 2.75) is 12.5 Å². The van der Waals surface area contributed by atoms with Gasteiger partial charge in [0, 0.05) is 11.5 Å². The van der Waals surface area contributed by atoms with Gasteiger partial charge in [0.05, 0.1) is 6.04 Å². The summed E-state index contributed by atoms with van der Waals surface area (Å²) in [6.45, 7) is 0. The summed E-state index contributed by atoms with van der Waals surface area (Å²) in [4.78, 5) is 13.6. The topological polar surface area (TPSA) is 29.4 Å². The lowest BCUT2D eigenvalue weighted by Crippen LogP contribution is -1.81. The molecule has 3 heteroatoms. The molecule has 76 valence electrons. The molecule has 0 spiro atoms. The molecule has 0 bridgehead atoms. The van der Waals surface area contributed by atoms with Gasteiger partial charge in [0.25, 0.3) is 0 Å². The normalized spacial score (nSPS) is 23.8. The van der Waals surface area contributed by atoms with E-state index in [0.29, 0.717) is 5.56 Å². The third-order valence-electron chi connectivity index (χ3n) is 2.45. The van der Waals surface area contributed by atoms with Crippen LogP contribution in [0.25, 0.3) is 6.08 Å². The van der Waals surface area contributed by atoms with Gasteiger partial charge in [-0.05, 0) is 12.5 Å². The van der Waals surface area contributed by atoms with Crippen LogP contribution in [0, 0.1) is 11.7 Å². The van der Waals surface area contributed by atoms with Gasteiger partial charge >= 0.3 is 0 Å². The maximum atomic E-state index is 13.2. The fraction of sp³-hybridized carbons (Fsp3) is 0.250. The van der Waals surface area contributed by atoms with E-state index >= 15 is 0 Å². The minimum Gasteiger partial charge on any atom is -0.211 e. The molecule has 1 aliphatic carbocycles. The Hall–Kier alpha value is -1.73. The molecule has 0 amide bonds. The molecule has 0 aliphatic heterocycles. The van der Waals surface area contributed by atoms with E-state index in [4.69, 9.17) is 0 Å². The Morgan fingerprint density at radius 2 is 2.27 bits per heavy atom. The monoisotopic (exact) mass is 203 g/mol. The molecule has 2 atom stereocenters. The van der Waals surface area contributed by atoms with Gasteiger partial charge in [-0.2, -0.15) is 0 Å². The lowest BCUT2D eigenvalue weighted by Gasteiger charge is -1.94. The average molecular weight is 203 g/mol. The molecule has 0 saturated heterocycles. The number of halogens is 1. The summed E-state index contributed by atoms with van der Waals surface area (Å²) >= 11 is 0. The predicted octanol–water partition coefficient (Wildman–Crippen LogP) is 2.56. The second kappa shape index (κ2) is 4.20. The summed E-state index contributed by atoms with van der Waals surface area (Å²) in [6, 6.07) is 6.64. The van der Waals surface area contributed by atoms with Crippen molar-refractivity contribution in [2.24, 2.45) is 10.9 Å². The zero-order valence-electron chi connectivity index (χ0n) is 8.06. The average Bonchev–Trinajstić information content (AvgIpc) is 2.96. The Morgan fingerprint density at radius 3 is 3.00 bits per heavy atom. The number of aliphatic imine (C=N–C) groups is 1. The van der Waals surface area contributed by atoms with Crippen molar-refractivity contribution in [1.29, 1.82) is 0 Å². The van der Waals surface area contributed by atoms with Crippen LogP contribution in [0.3, 0.4) is 0 Å². The van der Waals surface area contributed by atoms with Crippen LogP contribution in [-0.4, -0.2) is 12.1 Å². The standard InChI is InChI=1S/C12H10FNO/c13-11-4-2-1-3-9(11)5-6-10-7-12(10)14-8-15/h1-6,10,12H,7H2/b6-5+. The number of isocyanates is 1. The van der Waals surface area contributed by atoms with E-state index < -0.39 is 0 Å². The second-order valence-corrected chi connectivity index (χ2v) is 3.57. The Labute approximate surface area is 87.1 Å². The first kappa shape index (κ1) is 9.81. The second-order valence-electron chi connectivity index (χ2n) is 3.57. The van der Waals surface area contributed by atoms with E-state index in [1.165, 1.54) is 12.1 Å². The highest BCUT2D eigenvalue weighted by Crippen LogP contribution is 2.35. The maximum absolute atomic E-state index is 13.2. The molecule has 2 unspecified atom stereocenters. The van der Waals surface area contributed by atoms with Crippen LogP contribution in [0.15, 0.2) is 35.3 Å². The number of carbonyl (C=O) groups excluding carboxylic acids is 1. The maximum Gasteiger partial charge on any atom is 0.235 e. The highest BCUT2D eigenvalue weighted by atomic mass is 19.1. The minimum absolute atomic E-state index is 0.0607. The predicted molar refractivity (Wildman–Crippen MR) is 55.5 cm³/mol. The Balaban J connectivity index is 2.01. The number of benzene rings is 1. The first-order chi connectivity index (χ1) is 7.31. The van der Waals surface area contributed by atoms with Gasteiger partial charge in [-0.3, -0.25) is 0 Å². The molecule has 0 aromatic heterocycles. The van der Waals surface area contributed by atoms with Crippen molar-refractivity contribution < 1.29 is 9.18 Å². The van der Waals surface area contributed by atoms with Gasteiger partial charge < -0.3 is 0 Å². The first-order valence-corrected chi connectivity index (χ1v) is 4.81. The summed E-state index contributed by atoms with van der Waals surface area (Å²) in [5.41, 5.74) is 0.568. The highest BCUT2D eigenvalue weighted by molar-refractivity contribution is 5.51. The van der Waals surface area contributed by atoms with Gasteiger partial charge in [0.2, 0.25) is 6.08 Å². The minimum atomic E-state index is -0.232. The molecular formula is C12H10FNO. The number of hydrogen-bond acceptors (Lipinski definition) is 2. The van der Waals surface area contributed by atoms with E-state index in [2.05, 4.69) is 4.99 Å². The summed E-state index contributed by atoms with van der Waals surface area (Å²) in [7, 11) is 0. The van der Waals surface area contributed by atoms with Crippen molar-refractivity contribution in [3.8, 4) is 0 Å². The molecule has 1 aromatic carbocycles. The zero-order chi connectivity index (χ0) is 10.7. The first-order valence-electron chi connectivity index (χ1n) is 4.81. The van der Waals surface area contributed by atoms with Crippen LogP contribution in [0.1, 0.15) is 12.0 Å². The molecule has 0 radical (unpaired) electrons. The van der Waals surface area contributed by atoms with E-state index in [0.717, 1.165) is 6.42 Å². The van der Waals surface area contributed by atoms with Crippen LogP contribution in [-0.2, 0) is 4.79 Å². The summed E-state index contributed by atoms with van der Waals surface area (Å²) in [6.07, 6.45) is 6.03. The molecule has 0 N–H and O–H groups in total. The van der Waals surface area contributed by atoms with E-state index in [1.807, 2.05) is 6.08 Å². The third kappa shape index (κ3) is 2.39. The number of nitrogens with zero attached hydrogens (tertiary/aromatic N) is 1. The molecule has 2 rings (SSSR count). The van der Waals surface area contributed by atoms with Crippen LogP contribution in [0.4, 0.5) is 4.39 Å². The molecule has 2 nitrogen and oxygen atoms in total. The van der Waals surface area contributed by atoms with E-state index in [1.54, 1.807) is 24.3 Å². The molecule has 15 heavy (non-hydrogen) atoms. The molecule has 1 fully saturated rings. The highest BCUT2D eigenvalue weighted by Gasteiger charge is 2.34. The lowest BCUT2D eigenvalue weighted by atomic mass is 10.2. The molecule has 0 heterocycles. The number of hydrogen-bond donors (Lipinski definition) is 0. The van der Waals surface area contributed by atoms with Gasteiger partial charge in [-0.15, -0.1) is 0 Å². The van der Waals surface area contributed by atoms with Crippen molar-refractivity contribution in [3.63, 3.8) is 0 Å². The van der Waals surface area contributed by atoms with Crippen molar-refractivity contribution in [1.82, 2.24) is 0 Å². The largest absolute Gasteiger partial charge is 0.235 e. The van der Waals surface area contributed by atoms with Crippen molar-refractivity contribution in [3.05, 3.63) is 41.7 Å². The quantitative estimate of drug-likeness (QED) is 0.548. The fourth-order valence-electron chi connectivity index (χ4n) is 1.46. The van der Waals surface area contributed by atoms with E-state index in [9.17, 15) is 9.18 Å². The van der Waals surface area contributed by atoms with Gasteiger partial charge in [0.15, 0.2) is 0 Å². The Kier molecular flexibility index (Phi) is 2.75. The lowest BCUT2D eigenvalue weighted by molar-refractivity contribution is 0.562. The Morgan fingerprint density at radius 1 is 1.47 bits per heavy atom. The summed E-state index contributed by atoms with van der Waals surface area (Å²) in [5, 5.41) is 0. The van der Waals surface area contributed by atoms with Crippen LogP contribution < -0.4 is 0 Å². The Bertz CT molecular complexity index is 435. The molecular weight excluding hydrogens is 193 g/mol. The van der Waals surface area contributed by atoms with Gasteiger partial charge in [-0.25, -0.2) is 14.2 Å². The third-order valence-corrected chi connectivity index (χ3v) is 2.45. The SMILES string of the molecule is O=C=NC1CC1/C=C/c1ccccc1F. The van der Waals surface area contributed by atoms with Crippen LogP contribution in [0.5, 0.6) is 0 Å². The van der Waals surface area contributed by atoms with Gasteiger partial charge in [-0.1, -0.05) is 30.4 Å². The smallest absolute Gasteiger partial charge is 0.211 e. The molecule has 1 aromatic rings. The molecule has 1 saturated carbocycles. The van der Waals surface area contributed by atoms with Crippen LogP contribution >= 0.6 is 0 Å². The van der Waals surface area contributed by atoms with E-state index in [-0.39, 0.29) is 17.8 Å². The van der Waals surface area contributed by atoms with Crippen molar-refractivity contribution in [2.75, 3.05) is 0 Å². The summed E-state index contributed by atoms with van der Waals surface area (Å²) in [5.74, 6) is 0.0379. The van der Waals surface area contributed by atoms with Gasteiger partial charge in [0.1, 0.15) is 5.82 Å².